The quantitative estimate of drug-likeness (QED) is 0.698. The summed E-state index contributed by atoms with van der Waals surface area (Å²) in [5.74, 6) is -2.34. The van der Waals surface area contributed by atoms with Gasteiger partial charge in [0.05, 0.1) is 17.5 Å². The molecule has 0 spiro atoms. The molecule has 2 aromatic rings. The summed E-state index contributed by atoms with van der Waals surface area (Å²) in [7, 11) is 0. The molecule has 1 aliphatic carbocycles. The molecule has 2 heterocycles. The number of anilines is 1. The van der Waals surface area contributed by atoms with Gasteiger partial charge in [-0.2, -0.15) is 9.78 Å². The molecular formula is C18H21N5O4. The number of hydrogen-bond acceptors (Lipinski definition) is 5. The number of carbonyl (C=O) groups is 2. The first-order valence-corrected chi connectivity index (χ1v) is 8.61. The number of aromatic nitrogens is 4. The number of carboxylic acid groups (broad SMARTS) is 1. The van der Waals surface area contributed by atoms with E-state index < -0.39 is 23.7 Å². The van der Waals surface area contributed by atoms with Crippen molar-refractivity contribution in [2.24, 2.45) is 11.8 Å². The lowest BCUT2D eigenvalue weighted by molar-refractivity contribution is -0.146. The Balaban J connectivity index is 1.93. The van der Waals surface area contributed by atoms with Gasteiger partial charge in [-0.3, -0.25) is 19.4 Å². The van der Waals surface area contributed by atoms with Crippen LogP contribution in [0.15, 0.2) is 23.0 Å². The third-order valence-electron chi connectivity index (χ3n) is 4.75. The molecule has 2 atom stereocenters. The van der Waals surface area contributed by atoms with E-state index in [2.05, 4.69) is 20.4 Å². The fourth-order valence-corrected chi connectivity index (χ4v) is 3.08. The van der Waals surface area contributed by atoms with Crippen molar-refractivity contribution in [2.75, 3.05) is 5.32 Å². The zero-order valence-electron chi connectivity index (χ0n) is 15.3. The summed E-state index contributed by atoms with van der Waals surface area (Å²) >= 11 is 0. The second-order valence-electron chi connectivity index (χ2n) is 6.67. The zero-order valence-corrected chi connectivity index (χ0v) is 15.3. The Kier molecular flexibility index (Phi) is 4.93. The lowest BCUT2D eigenvalue weighted by Gasteiger charge is -2.24. The van der Waals surface area contributed by atoms with Crippen molar-refractivity contribution in [2.45, 2.75) is 33.6 Å². The normalized spacial score (nSPS) is 19.1. The van der Waals surface area contributed by atoms with Crippen molar-refractivity contribution in [3.05, 3.63) is 45.5 Å². The van der Waals surface area contributed by atoms with E-state index in [0.29, 0.717) is 35.6 Å². The van der Waals surface area contributed by atoms with Crippen molar-refractivity contribution in [3.63, 3.8) is 0 Å². The number of aryl methyl sites for hydroxylation is 2. The van der Waals surface area contributed by atoms with Crippen LogP contribution in [0.5, 0.6) is 0 Å². The van der Waals surface area contributed by atoms with E-state index in [1.165, 1.54) is 4.68 Å². The molecule has 0 saturated carbocycles. The molecule has 0 unspecified atom stereocenters. The minimum atomic E-state index is -0.996. The zero-order chi connectivity index (χ0) is 19.7. The number of rotatable bonds is 4. The number of carbonyl (C=O) groups excluding carboxylic acids is 1. The van der Waals surface area contributed by atoms with E-state index >= 15 is 0 Å². The van der Waals surface area contributed by atoms with Gasteiger partial charge in [-0.25, -0.2) is 4.98 Å². The van der Waals surface area contributed by atoms with E-state index in [-0.39, 0.29) is 11.5 Å². The van der Waals surface area contributed by atoms with Gasteiger partial charge in [-0.15, -0.1) is 0 Å². The summed E-state index contributed by atoms with van der Waals surface area (Å²) < 4.78 is 1.34. The number of allylic oxidation sites excluding steroid dienone is 2. The monoisotopic (exact) mass is 371 g/mol. The Labute approximate surface area is 155 Å². The summed E-state index contributed by atoms with van der Waals surface area (Å²) in [6, 6.07) is 1.64. The second-order valence-corrected chi connectivity index (χ2v) is 6.67. The highest BCUT2D eigenvalue weighted by Crippen LogP contribution is 2.27. The average molecular weight is 371 g/mol. The molecule has 0 aliphatic heterocycles. The van der Waals surface area contributed by atoms with Crippen molar-refractivity contribution in [1.82, 2.24) is 19.7 Å². The number of H-pyrrole nitrogens is 1. The predicted molar refractivity (Wildman–Crippen MR) is 97.8 cm³/mol. The third-order valence-corrected chi connectivity index (χ3v) is 4.75. The van der Waals surface area contributed by atoms with Crippen LogP contribution in [0, 0.1) is 32.6 Å². The molecule has 27 heavy (non-hydrogen) atoms. The smallest absolute Gasteiger partial charge is 0.307 e. The van der Waals surface area contributed by atoms with E-state index in [4.69, 9.17) is 0 Å². The number of aromatic amines is 1. The van der Waals surface area contributed by atoms with Gasteiger partial charge < -0.3 is 10.4 Å². The molecule has 9 nitrogen and oxygen atoms in total. The number of amides is 1. The fourth-order valence-electron chi connectivity index (χ4n) is 3.08. The minimum Gasteiger partial charge on any atom is -0.481 e. The number of aliphatic carboxylic acids is 1. The van der Waals surface area contributed by atoms with Crippen LogP contribution in [-0.2, 0) is 9.59 Å². The Morgan fingerprint density at radius 1 is 1.22 bits per heavy atom. The molecule has 1 aliphatic rings. The molecule has 0 radical (unpaired) electrons. The average Bonchev–Trinajstić information content (AvgIpc) is 2.99. The summed E-state index contributed by atoms with van der Waals surface area (Å²) in [6.45, 7) is 5.13. The number of carboxylic acids is 1. The van der Waals surface area contributed by atoms with Crippen molar-refractivity contribution in [3.8, 4) is 5.95 Å². The molecule has 1 amide bonds. The van der Waals surface area contributed by atoms with Gasteiger partial charge in [0.1, 0.15) is 5.82 Å². The van der Waals surface area contributed by atoms with E-state index in [1.54, 1.807) is 32.9 Å². The maximum Gasteiger partial charge on any atom is 0.307 e. The standard InChI is InChI=1S/C18H21N5O4/c1-9-8-14(20-16(25)12-6-4-5-7-13(12)17(26)27)23(22-9)18-19-11(3)10(2)15(24)21-18/h4-5,8,12-13H,6-7H2,1-3H3,(H,20,25)(H,26,27)(H,19,21,24)/t12-,13-/m0/s1. The highest BCUT2D eigenvalue weighted by molar-refractivity contribution is 5.95. The number of nitrogens with one attached hydrogen (secondary N) is 2. The van der Waals surface area contributed by atoms with Crippen molar-refractivity contribution >= 4 is 17.7 Å². The molecule has 3 rings (SSSR count). The summed E-state index contributed by atoms with van der Waals surface area (Å²) in [5, 5.41) is 16.4. The van der Waals surface area contributed by atoms with Gasteiger partial charge in [0.15, 0.2) is 0 Å². The maximum atomic E-state index is 12.7. The molecule has 2 aromatic heterocycles. The van der Waals surface area contributed by atoms with Gasteiger partial charge in [-0.1, -0.05) is 12.2 Å². The Hall–Kier alpha value is -3.23. The summed E-state index contributed by atoms with van der Waals surface area (Å²) in [4.78, 5) is 43.2. The Bertz CT molecular complexity index is 988. The minimum absolute atomic E-state index is 0.185. The molecular weight excluding hydrogens is 350 g/mol. The SMILES string of the molecule is Cc1cc(NC(=O)[C@H]2CC=CC[C@@H]2C(=O)O)n(-c2nc(C)c(C)c(=O)[nH]2)n1. The lowest BCUT2D eigenvalue weighted by atomic mass is 9.82. The third kappa shape index (κ3) is 3.67. The van der Waals surface area contributed by atoms with Crippen LogP contribution in [0.25, 0.3) is 5.95 Å². The first kappa shape index (κ1) is 18.6. The van der Waals surface area contributed by atoms with Crippen LogP contribution in [0.2, 0.25) is 0 Å². The van der Waals surface area contributed by atoms with Crippen LogP contribution in [0.4, 0.5) is 5.82 Å². The Morgan fingerprint density at radius 2 is 1.89 bits per heavy atom. The van der Waals surface area contributed by atoms with Gasteiger partial charge in [0.2, 0.25) is 11.9 Å². The van der Waals surface area contributed by atoms with E-state index in [1.807, 2.05) is 6.08 Å². The molecule has 3 N–H and O–H groups in total. The Morgan fingerprint density at radius 3 is 2.52 bits per heavy atom. The van der Waals surface area contributed by atoms with E-state index in [9.17, 15) is 19.5 Å². The van der Waals surface area contributed by atoms with Gasteiger partial charge in [-0.05, 0) is 33.6 Å². The highest BCUT2D eigenvalue weighted by atomic mass is 16.4. The lowest BCUT2D eigenvalue weighted by Crippen LogP contribution is -2.35. The second kappa shape index (κ2) is 7.18. The van der Waals surface area contributed by atoms with Crippen LogP contribution >= 0.6 is 0 Å². The number of hydrogen-bond donors (Lipinski definition) is 3. The largest absolute Gasteiger partial charge is 0.481 e. The topological polar surface area (TPSA) is 130 Å². The molecule has 0 aromatic carbocycles. The highest BCUT2D eigenvalue weighted by Gasteiger charge is 2.34. The molecule has 9 heteroatoms. The van der Waals surface area contributed by atoms with Crippen molar-refractivity contribution < 1.29 is 14.7 Å². The summed E-state index contributed by atoms with van der Waals surface area (Å²) in [6.07, 6.45) is 4.27. The van der Waals surface area contributed by atoms with Gasteiger partial charge in [0, 0.05) is 17.3 Å². The molecule has 142 valence electrons. The summed E-state index contributed by atoms with van der Waals surface area (Å²) in [5.41, 5.74) is 1.39. The van der Waals surface area contributed by atoms with Crippen molar-refractivity contribution in [1.29, 1.82) is 0 Å². The van der Waals surface area contributed by atoms with Crippen LogP contribution in [0.3, 0.4) is 0 Å². The van der Waals surface area contributed by atoms with Crippen LogP contribution < -0.4 is 10.9 Å². The maximum absolute atomic E-state index is 12.7. The van der Waals surface area contributed by atoms with E-state index in [0.717, 1.165) is 0 Å². The first-order chi connectivity index (χ1) is 12.8. The van der Waals surface area contributed by atoms with Crippen LogP contribution in [-0.4, -0.2) is 36.7 Å². The molecule has 0 fully saturated rings. The first-order valence-electron chi connectivity index (χ1n) is 8.61. The fraction of sp³-hybridized carbons (Fsp3) is 0.389. The molecule has 0 bridgehead atoms. The number of nitrogens with zero attached hydrogens (tertiary/aromatic N) is 3. The molecule has 0 saturated heterocycles. The van der Waals surface area contributed by atoms with Gasteiger partial charge in [0.25, 0.3) is 5.56 Å². The predicted octanol–water partition coefficient (Wildman–Crippen LogP) is 1.49. The van der Waals surface area contributed by atoms with Crippen LogP contribution in [0.1, 0.15) is 29.8 Å². The van der Waals surface area contributed by atoms with Gasteiger partial charge >= 0.3 is 5.97 Å².